The van der Waals surface area contributed by atoms with Gasteiger partial charge >= 0.3 is 0 Å². The molecule has 0 spiro atoms. The number of phenols is 1. The molecule has 3 rings (SSSR count). The van der Waals surface area contributed by atoms with Gasteiger partial charge in [-0.05, 0) is 17.3 Å². The van der Waals surface area contributed by atoms with E-state index in [1.165, 1.54) is 11.9 Å². The zero-order valence-corrected chi connectivity index (χ0v) is 10.4. The third kappa shape index (κ3) is 2.13. The van der Waals surface area contributed by atoms with Gasteiger partial charge in [0.1, 0.15) is 6.54 Å². The number of rotatable bonds is 4. The van der Waals surface area contributed by atoms with Crippen LogP contribution in [0.25, 0.3) is 11.4 Å². The lowest BCUT2D eigenvalue weighted by atomic mass is 10.2. The van der Waals surface area contributed by atoms with E-state index in [4.69, 9.17) is 4.74 Å². The van der Waals surface area contributed by atoms with E-state index in [-0.39, 0.29) is 18.1 Å². The SMILES string of the molecule is COc1cccc(-c2nnn(Cc3nn[nH]n3)n2)c1O. The molecule has 1 aromatic carbocycles. The summed E-state index contributed by atoms with van der Waals surface area (Å²) in [6.45, 7) is 0.230. The second-order valence-corrected chi connectivity index (χ2v) is 3.83. The van der Waals surface area contributed by atoms with Crippen molar-refractivity contribution in [3.63, 3.8) is 0 Å². The number of H-pyrrole nitrogens is 1. The van der Waals surface area contributed by atoms with Crippen molar-refractivity contribution in [2.75, 3.05) is 7.11 Å². The van der Waals surface area contributed by atoms with Crippen molar-refractivity contribution in [2.24, 2.45) is 0 Å². The molecule has 10 nitrogen and oxygen atoms in total. The molecule has 0 atom stereocenters. The molecule has 0 fully saturated rings. The smallest absolute Gasteiger partial charge is 0.208 e. The monoisotopic (exact) mass is 274 g/mol. The van der Waals surface area contributed by atoms with Gasteiger partial charge in [0.2, 0.25) is 5.82 Å². The summed E-state index contributed by atoms with van der Waals surface area (Å²) >= 11 is 0. The fraction of sp³-hybridized carbons (Fsp3) is 0.200. The van der Waals surface area contributed by atoms with Gasteiger partial charge in [-0.15, -0.1) is 20.4 Å². The zero-order valence-electron chi connectivity index (χ0n) is 10.4. The molecule has 0 aliphatic carbocycles. The Balaban J connectivity index is 1.90. The maximum atomic E-state index is 10.0. The summed E-state index contributed by atoms with van der Waals surface area (Å²) in [5, 5.41) is 35.3. The Morgan fingerprint density at radius 1 is 1.35 bits per heavy atom. The number of aromatic hydroxyl groups is 1. The first-order valence-corrected chi connectivity index (χ1v) is 5.64. The Morgan fingerprint density at radius 3 is 3.00 bits per heavy atom. The van der Waals surface area contributed by atoms with Gasteiger partial charge in [-0.25, -0.2) is 0 Å². The van der Waals surface area contributed by atoms with Crippen molar-refractivity contribution in [3.8, 4) is 22.9 Å². The molecular weight excluding hydrogens is 264 g/mol. The number of nitrogens with one attached hydrogen (secondary N) is 1. The molecule has 0 radical (unpaired) electrons. The first-order valence-electron chi connectivity index (χ1n) is 5.64. The molecule has 0 unspecified atom stereocenters. The Bertz CT molecular complexity index is 708. The van der Waals surface area contributed by atoms with Crippen molar-refractivity contribution in [3.05, 3.63) is 24.0 Å². The van der Waals surface area contributed by atoms with E-state index >= 15 is 0 Å². The molecule has 0 saturated carbocycles. The Morgan fingerprint density at radius 2 is 2.25 bits per heavy atom. The van der Waals surface area contributed by atoms with Crippen molar-refractivity contribution < 1.29 is 9.84 Å². The number of nitrogens with zero attached hydrogens (tertiary/aromatic N) is 7. The minimum Gasteiger partial charge on any atom is -0.504 e. The van der Waals surface area contributed by atoms with E-state index in [0.29, 0.717) is 17.1 Å². The molecule has 0 aliphatic heterocycles. The third-order valence-electron chi connectivity index (χ3n) is 2.58. The predicted octanol–water partition coefficient (Wildman–Crippen LogP) is -0.384. The number of hydrogen-bond donors (Lipinski definition) is 2. The highest BCUT2D eigenvalue weighted by Gasteiger charge is 2.14. The summed E-state index contributed by atoms with van der Waals surface area (Å²) in [5.41, 5.74) is 0.434. The third-order valence-corrected chi connectivity index (χ3v) is 2.58. The fourth-order valence-electron chi connectivity index (χ4n) is 1.66. The normalized spacial score (nSPS) is 10.7. The average molecular weight is 274 g/mol. The van der Waals surface area contributed by atoms with Crippen molar-refractivity contribution in [1.29, 1.82) is 0 Å². The molecule has 102 valence electrons. The van der Waals surface area contributed by atoms with Crippen LogP contribution in [0, 0.1) is 0 Å². The maximum Gasteiger partial charge on any atom is 0.208 e. The number of phenolic OH excluding ortho intramolecular Hbond substituents is 1. The molecule has 2 aromatic heterocycles. The highest BCUT2D eigenvalue weighted by molar-refractivity contribution is 5.67. The lowest BCUT2D eigenvalue weighted by Gasteiger charge is -2.05. The van der Waals surface area contributed by atoms with Gasteiger partial charge in [0, 0.05) is 0 Å². The van der Waals surface area contributed by atoms with Gasteiger partial charge in [-0.3, -0.25) is 0 Å². The molecule has 2 heterocycles. The largest absolute Gasteiger partial charge is 0.504 e. The van der Waals surface area contributed by atoms with E-state index in [1.54, 1.807) is 18.2 Å². The van der Waals surface area contributed by atoms with Gasteiger partial charge in [0.05, 0.1) is 12.7 Å². The Labute approximate surface area is 112 Å². The van der Waals surface area contributed by atoms with E-state index in [0.717, 1.165) is 0 Å². The summed E-state index contributed by atoms with van der Waals surface area (Å²) in [6.07, 6.45) is 0. The number of ether oxygens (including phenoxy) is 1. The maximum absolute atomic E-state index is 10.0. The van der Waals surface area contributed by atoms with E-state index in [1.807, 2.05) is 0 Å². The Hall–Kier alpha value is -3.04. The molecule has 0 amide bonds. The Kier molecular flexibility index (Phi) is 2.95. The van der Waals surface area contributed by atoms with Crippen LogP contribution >= 0.6 is 0 Å². The highest BCUT2D eigenvalue weighted by atomic mass is 16.5. The first kappa shape index (κ1) is 12.0. The lowest BCUT2D eigenvalue weighted by molar-refractivity contribution is 0.374. The van der Waals surface area contributed by atoms with Crippen molar-refractivity contribution in [1.82, 2.24) is 40.8 Å². The number of aromatic amines is 1. The van der Waals surface area contributed by atoms with Crippen LogP contribution in [-0.2, 0) is 6.54 Å². The summed E-state index contributed by atoms with van der Waals surface area (Å²) in [7, 11) is 1.47. The number of hydrogen-bond acceptors (Lipinski definition) is 8. The molecule has 0 bridgehead atoms. The van der Waals surface area contributed by atoms with Gasteiger partial charge in [-0.2, -0.15) is 10.0 Å². The molecule has 20 heavy (non-hydrogen) atoms. The number of methoxy groups -OCH3 is 1. The summed E-state index contributed by atoms with van der Waals surface area (Å²) in [4.78, 5) is 1.30. The van der Waals surface area contributed by atoms with Crippen molar-refractivity contribution in [2.45, 2.75) is 6.54 Å². The van der Waals surface area contributed by atoms with Crippen LogP contribution in [0.15, 0.2) is 18.2 Å². The minimum absolute atomic E-state index is 0.0332. The predicted molar refractivity (Wildman–Crippen MR) is 64.7 cm³/mol. The number of benzene rings is 1. The van der Waals surface area contributed by atoms with E-state index in [9.17, 15) is 5.11 Å². The van der Waals surface area contributed by atoms with Gasteiger partial charge < -0.3 is 9.84 Å². The van der Waals surface area contributed by atoms with Gasteiger partial charge in [0.25, 0.3) is 0 Å². The number of aromatic nitrogens is 8. The highest BCUT2D eigenvalue weighted by Crippen LogP contribution is 2.34. The molecular formula is C10H10N8O2. The van der Waals surface area contributed by atoms with Gasteiger partial charge in [-0.1, -0.05) is 11.3 Å². The number of para-hydroxylation sites is 1. The molecule has 10 heteroatoms. The second-order valence-electron chi connectivity index (χ2n) is 3.83. The summed E-state index contributed by atoms with van der Waals surface area (Å²) in [6, 6.07) is 5.05. The van der Waals surface area contributed by atoms with E-state index < -0.39 is 0 Å². The van der Waals surface area contributed by atoms with E-state index in [2.05, 4.69) is 36.0 Å². The summed E-state index contributed by atoms with van der Waals surface area (Å²) in [5.74, 6) is 1.03. The van der Waals surface area contributed by atoms with Crippen molar-refractivity contribution >= 4 is 0 Å². The molecule has 2 N–H and O–H groups in total. The fourth-order valence-corrected chi connectivity index (χ4v) is 1.66. The van der Waals surface area contributed by atoms with Crippen LogP contribution in [-0.4, -0.2) is 53.0 Å². The zero-order chi connectivity index (χ0) is 13.9. The summed E-state index contributed by atoms with van der Waals surface area (Å²) < 4.78 is 5.03. The molecule has 3 aromatic rings. The van der Waals surface area contributed by atoms with Crippen LogP contribution < -0.4 is 4.74 Å². The van der Waals surface area contributed by atoms with Crippen LogP contribution in [0.4, 0.5) is 0 Å². The standard InChI is InChI=1S/C10H10N8O2/c1-20-7-4-2-3-6(9(7)19)10-13-17-18(14-10)5-8-11-15-16-12-8/h2-4,19H,5H2,1H3,(H,11,12,15,16). The quantitative estimate of drug-likeness (QED) is 0.658. The van der Waals surface area contributed by atoms with Crippen LogP contribution in [0.2, 0.25) is 0 Å². The van der Waals surface area contributed by atoms with Gasteiger partial charge in [0.15, 0.2) is 17.3 Å². The molecule has 0 saturated heterocycles. The average Bonchev–Trinajstić information content (AvgIpc) is 3.11. The topological polar surface area (TPSA) is 128 Å². The minimum atomic E-state index is -0.0332. The van der Waals surface area contributed by atoms with Crippen LogP contribution in [0.3, 0.4) is 0 Å². The van der Waals surface area contributed by atoms with Crippen LogP contribution in [0.5, 0.6) is 11.5 Å². The second kappa shape index (κ2) is 4.91. The molecule has 0 aliphatic rings. The number of tetrazole rings is 2. The first-order chi connectivity index (χ1) is 9.78. The van der Waals surface area contributed by atoms with Crippen LogP contribution in [0.1, 0.15) is 5.82 Å². The lowest BCUT2D eigenvalue weighted by Crippen LogP contribution is -2.05.